The second-order valence-electron chi connectivity index (χ2n) is 8.33. The van der Waals surface area contributed by atoms with E-state index in [1.165, 1.54) is 0 Å². The Balaban J connectivity index is 1.64. The fourth-order valence-corrected chi connectivity index (χ4v) is 5.97. The van der Waals surface area contributed by atoms with Crippen LogP contribution in [0.2, 0.25) is 0 Å². The molecule has 0 amide bonds. The molecule has 2 heterocycles. The number of aromatic nitrogens is 1. The van der Waals surface area contributed by atoms with Crippen molar-refractivity contribution >= 4 is 21.4 Å². The molecule has 1 saturated heterocycles. The molecule has 0 bridgehead atoms. The van der Waals surface area contributed by atoms with Gasteiger partial charge >= 0.3 is 0 Å². The summed E-state index contributed by atoms with van der Waals surface area (Å²) in [5, 5.41) is 3.24. The van der Waals surface area contributed by atoms with Gasteiger partial charge in [-0.15, -0.1) is 11.3 Å². The van der Waals surface area contributed by atoms with E-state index in [9.17, 15) is 8.42 Å². The van der Waals surface area contributed by atoms with Crippen molar-refractivity contribution in [3.05, 3.63) is 45.4 Å². The molecule has 7 heteroatoms. The zero-order valence-electron chi connectivity index (χ0n) is 16.8. The van der Waals surface area contributed by atoms with Gasteiger partial charge in [-0.25, -0.2) is 13.4 Å². The third-order valence-corrected chi connectivity index (χ3v) is 7.85. The summed E-state index contributed by atoms with van der Waals surface area (Å²) in [5.74, 6) is 0. The summed E-state index contributed by atoms with van der Waals surface area (Å²) in [6, 6.07) is 5.53. The molecule has 2 aromatic rings. The average molecular weight is 408 g/mol. The number of sulfonamides is 1. The van der Waals surface area contributed by atoms with Crippen molar-refractivity contribution in [2.75, 3.05) is 26.2 Å². The van der Waals surface area contributed by atoms with Gasteiger partial charge in [0.05, 0.1) is 17.1 Å². The van der Waals surface area contributed by atoms with E-state index >= 15 is 0 Å². The second kappa shape index (κ2) is 7.62. The minimum absolute atomic E-state index is 0.0629. The van der Waals surface area contributed by atoms with Gasteiger partial charge in [-0.1, -0.05) is 38.5 Å². The van der Waals surface area contributed by atoms with Crippen LogP contribution in [-0.2, 0) is 22.0 Å². The van der Waals surface area contributed by atoms with E-state index in [0.717, 1.165) is 41.5 Å². The first-order valence-corrected chi connectivity index (χ1v) is 11.6. The number of piperazine rings is 1. The van der Waals surface area contributed by atoms with Gasteiger partial charge in [0.2, 0.25) is 10.0 Å². The molecule has 0 radical (unpaired) electrons. The van der Waals surface area contributed by atoms with Crippen LogP contribution in [0.25, 0.3) is 0 Å². The predicted octanol–water partition coefficient (Wildman–Crippen LogP) is 3.56. The molecule has 0 N–H and O–H groups in total. The summed E-state index contributed by atoms with van der Waals surface area (Å²) in [6.45, 7) is 13.6. The highest BCUT2D eigenvalue weighted by Gasteiger charge is 2.30. The molecule has 27 heavy (non-hydrogen) atoms. The fourth-order valence-electron chi connectivity index (χ4n) is 3.28. The molecule has 1 aliphatic rings. The minimum Gasteiger partial charge on any atom is -0.294 e. The molecule has 0 unspecified atom stereocenters. The Kier molecular flexibility index (Phi) is 5.77. The lowest BCUT2D eigenvalue weighted by atomic mass is 9.93. The number of nitrogens with zero attached hydrogens (tertiary/aromatic N) is 3. The lowest BCUT2D eigenvalue weighted by Crippen LogP contribution is -2.48. The van der Waals surface area contributed by atoms with Crippen molar-refractivity contribution < 1.29 is 8.42 Å². The van der Waals surface area contributed by atoms with E-state index in [2.05, 4.69) is 31.1 Å². The number of thiazole rings is 1. The van der Waals surface area contributed by atoms with Crippen LogP contribution in [0.3, 0.4) is 0 Å². The largest absolute Gasteiger partial charge is 0.294 e. The molecular weight excluding hydrogens is 378 g/mol. The fraction of sp³-hybridized carbons (Fsp3) is 0.550. The molecule has 0 aliphatic carbocycles. The first kappa shape index (κ1) is 20.5. The van der Waals surface area contributed by atoms with E-state index in [0.29, 0.717) is 18.0 Å². The molecule has 1 aromatic carbocycles. The standard InChI is InChI=1S/C20H29N3O2S2/c1-15-6-7-17(16(2)12-15)27(24,25)23-10-8-22(9-11-23)13-19-21-18(14-26-19)20(3,4)5/h6-7,12,14H,8-11,13H2,1-5H3. The first-order chi connectivity index (χ1) is 12.6. The highest BCUT2D eigenvalue weighted by molar-refractivity contribution is 7.89. The number of hydrogen-bond donors (Lipinski definition) is 0. The smallest absolute Gasteiger partial charge is 0.243 e. The van der Waals surface area contributed by atoms with Gasteiger partial charge in [0.15, 0.2) is 0 Å². The van der Waals surface area contributed by atoms with Gasteiger partial charge in [-0.2, -0.15) is 4.31 Å². The molecule has 0 atom stereocenters. The molecule has 148 valence electrons. The quantitative estimate of drug-likeness (QED) is 0.778. The van der Waals surface area contributed by atoms with Crippen LogP contribution in [-0.4, -0.2) is 48.8 Å². The van der Waals surface area contributed by atoms with Gasteiger partial charge in [-0.3, -0.25) is 4.90 Å². The third-order valence-electron chi connectivity index (χ3n) is 4.96. The normalized spacial score (nSPS) is 17.4. The Labute approximate surface area is 167 Å². The zero-order chi connectivity index (χ0) is 19.8. The molecular formula is C20H29N3O2S2. The van der Waals surface area contributed by atoms with Gasteiger partial charge in [0.25, 0.3) is 0 Å². The maximum absolute atomic E-state index is 13.0. The summed E-state index contributed by atoms with van der Waals surface area (Å²) >= 11 is 1.69. The highest BCUT2D eigenvalue weighted by atomic mass is 32.2. The Morgan fingerprint density at radius 3 is 2.33 bits per heavy atom. The molecule has 1 fully saturated rings. The number of benzene rings is 1. The highest BCUT2D eigenvalue weighted by Crippen LogP contribution is 2.26. The second-order valence-corrected chi connectivity index (χ2v) is 11.2. The van der Waals surface area contributed by atoms with Crippen molar-refractivity contribution in [3.63, 3.8) is 0 Å². The van der Waals surface area contributed by atoms with E-state index in [-0.39, 0.29) is 5.41 Å². The van der Waals surface area contributed by atoms with Crippen LogP contribution < -0.4 is 0 Å². The van der Waals surface area contributed by atoms with Gasteiger partial charge in [0, 0.05) is 37.0 Å². The molecule has 3 rings (SSSR count). The maximum atomic E-state index is 13.0. The first-order valence-electron chi connectivity index (χ1n) is 9.32. The van der Waals surface area contributed by atoms with E-state index < -0.39 is 10.0 Å². The van der Waals surface area contributed by atoms with Gasteiger partial charge in [-0.05, 0) is 25.5 Å². The molecule has 0 saturated carbocycles. The summed E-state index contributed by atoms with van der Waals surface area (Å²) < 4.78 is 27.6. The van der Waals surface area contributed by atoms with Crippen molar-refractivity contribution in [1.82, 2.24) is 14.2 Å². The molecule has 1 aliphatic heterocycles. The topological polar surface area (TPSA) is 53.5 Å². The maximum Gasteiger partial charge on any atom is 0.243 e. The average Bonchev–Trinajstić information content (AvgIpc) is 3.04. The van der Waals surface area contributed by atoms with Crippen LogP contribution in [0.1, 0.15) is 42.6 Å². The van der Waals surface area contributed by atoms with Crippen LogP contribution in [0, 0.1) is 13.8 Å². The summed E-state index contributed by atoms with van der Waals surface area (Å²) in [6.07, 6.45) is 0. The van der Waals surface area contributed by atoms with Crippen molar-refractivity contribution in [3.8, 4) is 0 Å². The SMILES string of the molecule is Cc1ccc(S(=O)(=O)N2CCN(Cc3nc(C(C)(C)C)cs3)CC2)c(C)c1. The predicted molar refractivity (Wildman–Crippen MR) is 111 cm³/mol. The van der Waals surface area contributed by atoms with Crippen molar-refractivity contribution in [1.29, 1.82) is 0 Å². The third kappa shape index (κ3) is 4.59. The Morgan fingerprint density at radius 1 is 1.11 bits per heavy atom. The summed E-state index contributed by atoms with van der Waals surface area (Å²) in [7, 11) is -3.43. The molecule has 1 aromatic heterocycles. The lowest BCUT2D eigenvalue weighted by molar-refractivity contribution is 0.181. The van der Waals surface area contributed by atoms with E-state index in [1.54, 1.807) is 21.7 Å². The summed E-state index contributed by atoms with van der Waals surface area (Å²) in [5.41, 5.74) is 3.08. The lowest BCUT2D eigenvalue weighted by Gasteiger charge is -2.33. The Hall–Kier alpha value is -1.28. The Bertz CT molecular complexity index is 906. The number of aryl methyl sites for hydroxylation is 2. The number of rotatable bonds is 4. The van der Waals surface area contributed by atoms with E-state index in [4.69, 9.17) is 4.98 Å². The van der Waals surface area contributed by atoms with Crippen LogP contribution in [0.15, 0.2) is 28.5 Å². The van der Waals surface area contributed by atoms with Crippen molar-refractivity contribution in [2.24, 2.45) is 0 Å². The van der Waals surface area contributed by atoms with Gasteiger partial charge in [0.1, 0.15) is 5.01 Å². The molecule has 0 spiro atoms. The van der Waals surface area contributed by atoms with E-state index in [1.807, 2.05) is 26.0 Å². The summed E-state index contributed by atoms with van der Waals surface area (Å²) in [4.78, 5) is 7.47. The van der Waals surface area contributed by atoms with Crippen LogP contribution in [0.4, 0.5) is 0 Å². The van der Waals surface area contributed by atoms with Crippen LogP contribution >= 0.6 is 11.3 Å². The Morgan fingerprint density at radius 2 is 1.78 bits per heavy atom. The minimum atomic E-state index is -3.43. The number of hydrogen-bond acceptors (Lipinski definition) is 5. The monoisotopic (exact) mass is 407 g/mol. The molecule has 5 nitrogen and oxygen atoms in total. The van der Waals surface area contributed by atoms with Gasteiger partial charge < -0.3 is 0 Å². The van der Waals surface area contributed by atoms with Crippen LogP contribution in [0.5, 0.6) is 0 Å². The van der Waals surface area contributed by atoms with Crippen molar-refractivity contribution in [2.45, 2.75) is 51.5 Å². The zero-order valence-corrected chi connectivity index (χ0v) is 18.5.